The van der Waals surface area contributed by atoms with E-state index in [4.69, 9.17) is 5.11 Å². The second-order valence-corrected chi connectivity index (χ2v) is 6.84. The zero-order valence-corrected chi connectivity index (χ0v) is 13.0. The molecular formula is C15H17F3N4O2. The molecule has 3 aliphatic rings. The topological polar surface area (TPSA) is 69.6 Å². The number of aliphatic carboxylic acids is 1. The van der Waals surface area contributed by atoms with E-state index in [1.807, 2.05) is 6.92 Å². The van der Waals surface area contributed by atoms with E-state index in [1.54, 1.807) is 9.80 Å². The molecule has 2 aliphatic heterocycles. The van der Waals surface area contributed by atoms with Gasteiger partial charge in [0.2, 0.25) is 5.95 Å². The first-order chi connectivity index (χ1) is 11.3. The molecule has 1 aromatic rings. The third-order valence-electron chi connectivity index (χ3n) is 5.37. The lowest BCUT2D eigenvalue weighted by Gasteiger charge is -2.39. The summed E-state index contributed by atoms with van der Waals surface area (Å²) in [5.41, 5.74) is -0.947. The fourth-order valence-corrected chi connectivity index (χ4v) is 3.75. The molecule has 0 spiro atoms. The molecule has 24 heavy (non-hydrogen) atoms. The van der Waals surface area contributed by atoms with Crippen LogP contribution in [-0.4, -0.2) is 46.7 Å². The lowest BCUT2D eigenvalue weighted by atomic mass is 10.1. The van der Waals surface area contributed by atoms with Crippen molar-refractivity contribution in [1.29, 1.82) is 0 Å². The molecule has 3 fully saturated rings. The molecule has 130 valence electrons. The van der Waals surface area contributed by atoms with Crippen molar-refractivity contribution in [3.8, 4) is 0 Å². The minimum Gasteiger partial charge on any atom is -0.481 e. The van der Waals surface area contributed by atoms with Gasteiger partial charge in [-0.05, 0) is 25.2 Å². The molecule has 2 saturated heterocycles. The number of aromatic nitrogens is 2. The Kier molecular flexibility index (Phi) is 3.20. The largest absolute Gasteiger partial charge is 0.481 e. The van der Waals surface area contributed by atoms with Crippen molar-refractivity contribution in [3.63, 3.8) is 0 Å². The standard InChI is InChI=1S/C15H17F3N4O2/c1-7-2-3-22(7)14-19-10(15(16,17)18)4-11(20-14)21-5-8-9(6-21)12(8)13(23)24/h4,7-9,12H,2-3,5-6H2,1H3,(H,23,24)/t7-,8?,9?,12?/m1/s1. The molecule has 3 heterocycles. The number of alkyl halides is 3. The van der Waals surface area contributed by atoms with Gasteiger partial charge in [0.15, 0.2) is 5.69 Å². The van der Waals surface area contributed by atoms with Gasteiger partial charge in [0.05, 0.1) is 5.92 Å². The highest BCUT2D eigenvalue weighted by Gasteiger charge is 2.60. The average Bonchev–Trinajstić information content (AvgIpc) is 3.00. The van der Waals surface area contributed by atoms with Gasteiger partial charge in [-0.1, -0.05) is 0 Å². The Morgan fingerprint density at radius 1 is 1.29 bits per heavy atom. The van der Waals surface area contributed by atoms with Crippen LogP contribution in [0.3, 0.4) is 0 Å². The number of hydrogen-bond acceptors (Lipinski definition) is 5. The van der Waals surface area contributed by atoms with E-state index in [0.717, 1.165) is 12.5 Å². The maximum atomic E-state index is 13.2. The summed E-state index contributed by atoms with van der Waals surface area (Å²) in [7, 11) is 0. The monoisotopic (exact) mass is 342 g/mol. The number of fused-ring (bicyclic) bond motifs is 1. The van der Waals surface area contributed by atoms with Crippen LogP contribution >= 0.6 is 0 Å². The van der Waals surface area contributed by atoms with Crippen molar-refractivity contribution in [3.05, 3.63) is 11.8 Å². The van der Waals surface area contributed by atoms with Gasteiger partial charge < -0.3 is 14.9 Å². The number of halogens is 3. The minimum absolute atomic E-state index is 0.0122. The molecule has 1 aromatic heterocycles. The van der Waals surface area contributed by atoms with E-state index in [1.165, 1.54) is 0 Å². The number of rotatable bonds is 3. The van der Waals surface area contributed by atoms with Crippen molar-refractivity contribution in [1.82, 2.24) is 9.97 Å². The van der Waals surface area contributed by atoms with E-state index in [2.05, 4.69) is 9.97 Å². The molecule has 0 aromatic carbocycles. The van der Waals surface area contributed by atoms with Crippen LogP contribution in [0.5, 0.6) is 0 Å². The Bertz CT molecular complexity index is 684. The molecule has 1 aliphatic carbocycles. The molecule has 0 amide bonds. The highest BCUT2D eigenvalue weighted by Crippen LogP contribution is 2.52. The summed E-state index contributed by atoms with van der Waals surface area (Å²) < 4.78 is 39.5. The maximum absolute atomic E-state index is 13.2. The molecule has 0 bridgehead atoms. The van der Waals surface area contributed by atoms with E-state index in [0.29, 0.717) is 19.6 Å². The third kappa shape index (κ3) is 2.37. The van der Waals surface area contributed by atoms with Gasteiger partial charge in [-0.2, -0.15) is 18.2 Å². The third-order valence-corrected chi connectivity index (χ3v) is 5.37. The van der Waals surface area contributed by atoms with E-state index in [9.17, 15) is 18.0 Å². The number of carbonyl (C=O) groups is 1. The SMILES string of the molecule is C[C@@H]1CCN1c1nc(N2CC3C(C2)C3C(=O)O)cc(C(F)(F)F)n1. The van der Waals surface area contributed by atoms with Gasteiger partial charge in [-0.15, -0.1) is 0 Å². The first-order valence-electron chi connectivity index (χ1n) is 7.96. The molecular weight excluding hydrogens is 325 g/mol. The molecule has 6 nitrogen and oxygen atoms in total. The van der Waals surface area contributed by atoms with Crippen LogP contribution < -0.4 is 9.80 Å². The Morgan fingerprint density at radius 2 is 1.96 bits per heavy atom. The van der Waals surface area contributed by atoms with Crippen LogP contribution in [0.1, 0.15) is 19.0 Å². The number of nitrogens with zero attached hydrogens (tertiary/aromatic N) is 4. The summed E-state index contributed by atoms with van der Waals surface area (Å²) in [4.78, 5) is 22.6. The Hall–Kier alpha value is -2.06. The van der Waals surface area contributed by atoms with Gasteiger partial charge in [0, 0.05) is 31.7 Å². The minimum atomic E-state index is -4.53. The van der Waals surface area contributed by atoms with Gasteiger partial charge in [-0.25, -0.2) is 4.98 Å². The van der Waals surface area contributed by atoms with Gasteiger partial charge in [-0.3, -0.25) is 4.79 Å². The van der Waals surface area contributed by atoms with Crippen LogP contribution in [0.15, 0.2) is 6.07 Å². The van der Waals surface area contributed by atoms with Gasteiger partial charge >= 0.3 is 12.1 Å². The maximum Gasteiger partial charge on any atom is 0.433 e. The van der Waals surface area contributed by atoms with Crippen LogP contribution in [0, 0.1) is 17.8 Å². The zero-order chi connectivity index (χ0) is 17.2. The average molecular weight is 342 g/mol. The Labute approximate surface area is 136 Å². The van der Waals surface area contributed by atoms with Crippen LogP contribution in [0.4, 0.5) is 24.9 Å². The smallest absolute Gasteiger partial charge is 0.433 e. The molecule has 3 atom stereocenters. The number of carboxylic acid groups (broad SMARTS) is 1. The lowest BCUT2D eigenvalue weighted by Crippen LogP contribution is -2.47. The van der Waals surface area contributed by atoms with Crippen LogP contribution in [0.25, 0.3) is 0 Å². The zero-order valence-electron chi connectivity index (χ0n) is 13.0. The van der Waals surface area contributed by atoms with Crippen LogP contribution in [0.2, 0.25) is 0 Å². The number of anilines is 2. The summed E-state index contributed by atoms with van der Waals surface area (Å²) in [6, 6.07) is 1.10. The van der Waals surface area contributed by atoms with E-state index >= 15 is 0 Å². The second kappa shape index (κ2) is 4.97. The summed E-state index contributed by atoms with van der Waals surface area (Å²) >= 11 is 0. The van der Waals surface area contributed by atoms with Crippen molar-refractivity contribution in [2.45, 2.75) is 25.6 Å². The highest BCUT2D eigenvalue weighted by molar-refractivity contribution is 5.75. The fraction of sp³-hybridized carbons (Fsp3) is 0.667. The Morgan fingerprint density at radius 3 is 2.42 bits per heavy atom. The number of carboxylic acids is 1. The molecule has 1 N–H and O–H groups in total. The van der Waals surface area contributed by atoms with E-state index < -0.39 is 17.8 Å². The fourth-order valence-electron chi connectivity index (χ4n) is 3.75. The molecule has 0 radical (unpaired) electrons. The molecule has 9 heteroatoms. The van der Waals surface area contributed by atoms with Crippen LogP contribution in [-0.2, 0) is 11.0 Å². The van der Waals surface area contributed by atoms with Gasteiger partial charge in [0.25, 0.3) is 0 Å². The number of piperidine rings is 1. The Balaban J connectivity index is 1.61. The molecule has 2 unspecified atom stereocenters. The highest BCUT2D eigenvalue weighted by atomic mass is 19.4. The summed E-state index contributed by atoms with van der Waals surface area (Å²) in [5, 5.41) is 9.05. The van der Waals surface area contributed by atoms with Crippen molar-refractivity contribution < 1.29 is 23.1 Å². The lowest BCUT2D eigenvalue weighted by molar-refractivity contribution is -0.141. The second-order valence-electron chi connectivity index (χ2n) is 6.84. The van der Waals surface area contributed by atoms with Crippen molar-refractivity contribution in [2.24, 2.45) is 17.8 Å². The van der Waals surface area contributed by atoms with Crippen molar-refractivity contribution >= 4 is 17.7 Å². The number of hydrogen-bond donors (Lipinski definition) is 1. The first-order valence-corrected chi connectivity index (χ1v) is 7.96. The quantitative estimate of drug-likeness (QED) is 0.904. The predicted molar refractivity (Wildman–Crippen MR) is 78.8 cm³/mol. The van der Waals surface area contributed by atoms with Gasteiger partial charge in [0.1, 0.15) is 5.82 Å². The predicted octanol–water partition coefficient (Wildman–Crippen LogP) is 1.86. The summed E-state index contributed by atoms with van der Waals surface area (Å²) in [6.07, 6.45) is -3.63. The van der Waals surface area contributed by atoms with Crippen molar-refractivity contribution in [2.75, 3.05) is 29.4 Å². The molecule has 4 rings (SSSR count). The summed E-state index contributed by atoms with van der Waals surface area (Å²) in [5.74, 6) is -0.813. The summed E-state index contributed by atoms with van der Waals surface area (Å²) in [6.45, 7) is 3.44. The normalized spacial score (nSPS) is 31.7. The first kappa shape index (κ1) is 15.5. The molecule has 1 saturated carbocycles. The van der Waals surface area contributed by atoms with E-state index in [-0.39, 0.29) is 35.6 Å².